The molecule has 0 fully saturated rings. The summed E-state index contributed by atoms with van der Waals surface area (Å²) < 4.78 is 31.5. The van der Waals surface area contributed by atoms with Crippen molar-refractivity contribution in [2.75, 3.05) is 24.2 Å². The number of rotatable bonds is 10. The molecule has 1 N–H and O–H groups in total. The lowest BCUT2D eigenvalue weighted by atomic mass is 10.1. The largest absolute Gasteiger partial charge is 0.497 e. The van der Waals surface area contributed by atoms with E-state index < -0.39 is 34.1 Å². The quantitative estimate of drug-likeness (QED) is 0.510. The molecule has 0 radical (unpaired) electrons. The zero-order valence-electron chi connectivity index (χ0n) is 21.0. The maximum Gasteiger partial charge on any atom is 0.244 e. The van der Waals surface area contributed by atoms with E-state index in [1.165, 1.54) is 11.0 Å². The first kappa shape index (κ1) is 28.5. The summed E-state index contributed by atoms with van der Waals surface area (Å²) in [5.74, 6) is -0.224. The lowest BCUT2D eigenvalue weighted by Crippen LogP contribution is -2.55. The van der Waals surface area contributed by atoms with Crippen LogP contribution in [0.4, 0.5) is 5.69 Å². The van der Waals surface area contributed by atoms with Crippen molar-refractivity contribution in [3.63, 3.8) is 0 Å². The number of amides is 2. The second-order valence-corrected chi connectivity index (χ2v) is 11.6. The van der Waals surface area contributed by atoms with Crippen molar-refractivity contribution >= 4 is 39.1 Å². The minimum absolute atomic E-state index is 0.0965. The molecule has 0 aliphatic heterocycles. The van der Waals surface area contributed by atoms with Crippen molar-refractivity contribution in [1.29, 1.82) is 0 Å². The molecule has 0 saturated heterocycles. The van der Waals surface area contributed by atoms with Crippen LogP contribution in [0.3, 0.4) is 0 Å². The highest BCUT2D eigenvalue weighted by atomic mass is 35.5. The molecule has 0 heterocycles. The molecule has 2 amide bonds. The van der Waals surface area contributed by atoms with Gasteiger partial charge in [0.25, 0.3) is 0 Å². The number of nitrogens with one attached hydrogen (secondary N) is 1. The van der Waals surface area contributed by atoms with Gasteiger partial charge >= 0.3 is 0 Å². The van der Waals surface area contributed by atoms with E-state index in [1.54, 1.807) is 43.5 Å². The normalized spacial score (nSPS) is 12.5. The Morgan fingerprint density at radius 1 is 1.11 bits per heavy atom. The third-order valence-electron chi connectivity index (χ3n) is 5.15. The Bertz CT molecular complexity index is 1150. The van der Waals surface area contributed by atoms with Crippen LogP contribution in [-0.2, 0) is 26.2 Å². The van der Waals surface area contributed by atoms with E-state index in [-0.39, 0.29) is 18.1 Å². The summed E-state index contributed by atoms with van der Waals surface area (Å²) in [5, 5.41) is 3.27. The van der Waals surface area contributed by atoms with Crippen LogP contribution < -0.4 is 14.4 Å². The summed E-state index contributed by atoms with van der Waals surface area (Å²) in [5.41, 5.74) is 0.504. The van der Waals surface area contributed by atoms with Crippen molar-refractivity contribution < 1.29 is 22.7 Å². The maximum absolute atomic E-state index is 13.7. The second kappa shape index (κ2) is 11.8. The zero-order valence-corrected chi connectivity index (χ0v) is 22.6. The average molecular weight is 524 g/mol. The predicted octanol–water partition coefficient (Wildman–Crippen LogP) is 3.84. The number of benzene rings is 2. The highest BCUT2D eigenvalue weighted by Crippen LogP contribution is 2.23. The molecule has 0 saturated carbocycles. The Labute approximate surface area is 213 Å². The minimum Gasteiger partial charge on any atom is -0.497 e. The fraction of sp³-hybridized carbons (Fsp3) is 0.440. The van der Waals surface area contributed by atoms with Gasteiger partial charge in [0.15, 0.2) is 0 Å². The van der Waals surface area contributed by atoms with Crippen molar-refractivity contribution in [2.24, 2.45) is 0 Å². The first-order valence-electron chi connectivity index (χ1n) is 11.2. The standard InChI is InChI=1S/C25H34ClN3O5S/c1-7-22(24(31)27-25(2,3)4)28(16-18-10-8-13-21(14-18)34-5)23(30)17-29(35(6,32)33)20-12-9-11-19(26)15-20/h8-15,22H,7,16-17H2,1-6H3,(H,27,31)/t22-/m1/s1. The molecule has 192 valence electrons. The molecule has 0 aliphatic rings. The van der Waals surface area contributed by atoms with E-state index in [9.17, 15) is 18.0 Å². The van der Waals surface area contributed by atoms with Gasteiger partial charge in [-0.25, -0.2) is 8.42 Å². The van der Waals surface area contributed by atoms with E-state index >= 15 is 0 Å². The average Bonchev–Trinajstić information content (AvgIpc) is 2.75. The van der Waals surface area contributed by atoms with Crippen molar-refractivity contribution in [3.8, 4) is 5.75 Å². The molecular weight excluding hydrogens is 490 g/mol. The minimum atomic E-state index is -3.82. The van der Waals surface area contributed by atoms with E-state index in [0.717, 1.165) is 16.1 Å². The van der Waals surface area contributed by atoms with Crippen LogP contribution in [0, 0.1) is 0 Å². The molecular formula is C25H34ClN3O5S. The SMILES string of the molecule is CC[C@H](C(=O)NC(C)(C)C)N(Cc1cccc(OC)c1)C(=O)CN(c1cccc(Cl)c1)S(C)(=O)=O. The lowest BCUT2D eigenvalue weighted by Gasteiger charge is -2.34. The van der Waals surface area contributed by atoms with Crippen LogP contribution in [0.1, 0.15) is 39.7 Å². The monoisotopic (exact) mass is 523 g/mol. The Balaban J connectivity index is 2.48. The number of sulfonamides is 1. The number of hydrogen-bond acceptors (Lipinski definition) is 5. The molecule has 0 unspecified atom stereocenters. The third-order valence-corrected chi connectivity index (χ3v) is 6.52. The summed E-state index contributed by atoms with van der Waals surface area (Å²) in [6.45, 7) is 6.99. The molecule has 2 rings (SSSR count). The van der Waals surface area contributed by atoms with Gasteiger partial charge in [-0.2, -0.15) is 0 Å². The number of hydrogen-bond donors (Lipinski definition) is 1. The molecule has 2 aromatic rings. The number of methoxy groups -OCH3 is 1. The number of carbonyl (C=O) groups excluding carboxylic acids is 2. The van der Waals surface area contributed by atoms with Crippen molar-refractivity contribution in [1.82, 2.24) is 10.2 Å². The lowest BCUT2D eigenvalue weighted by molar-refractivity contribution is -0.141. The molecule has 0 bridgehead atoms. The Kier molecular flexibility index (Phi) is 9.57. The van der Waals surface area contributed by atoms with Crippen molar-refractivity contribution in [3.05, 3.63) is 59.1 Å². The third kappa shape index (κ3) is 8.43. The molecule has 8 nitrogen and oxygen atoms in total. The first-order chi connectivity index (χ1) is 16.2. The van der Waals surface area contributed by atoms with Gasteiger partial charge in [-0.15, -0.1) is 0 Å². The first-order valence-corrected chi connectivity index (χ1v) is 13.5. The fourth-order valence-corrected chi connectivity index (χ4v) is 4.61. The van der Waals surface area contributed by atoms with Crippen molar-refractivity contribution in [2.45, 2.75) is 52.2 Å². The fourth-order valence-electron chi connectivity index (χ4n) is 3.58. The van der Waals surface area contributed by atoms with Gasteiger partial charge in [-0.3, -0.25) is 13.9 Å². The predicted molar refractivity (Wildman–Crippen MR) is 139 cm³/mol. The Hall–Kier alpha value is -2.78. The number of carbonyl (C=O) groups is 2. The van der Waals surface area contributed by atoms with Gasteiger partial charge < -0.3 is 15.0 Å². The summed E-state index contributed by atoms with van der Waals surface area (Å²) >= 11 is 6.07. The molecule has 0 aromatic heterocycles. The molecule has 1 atom stereocenters. The summed E-state index contributed by atoms with van der Waals surface area (Å²) in [6.07, 6.45) is 1.37. The van der Waals surface area contributed by atoms with Gasteiger partial charge in [0.05, 0.1) is 19.1 Å². The van der Waals surface area contributed by atoms with Gasteiger partial charge in [-0.05, 0) is 63.1 Å². The van der Waals surface area contributed by atoms with E-state index in [4.69, 9.17) is 16.3 Å². The van der Waals surface area contributed by atoms with Crippen LogP contribution >= 0.6 is 11.6 Å². The van der Waals surface area contributed by atoms with Gasteiger partial charge in [0, 0.05) is 17.1 Å². The Morgan fingerprint density at radius 3 is 2.31 bits per heavy atom. The van der Waals surface area contributed by atoms with Gasteiger partial charge in [0.1, 0.15) is 18.3 Å². The summed E-state index contributed by atoms with van der Waals surface area (Å²) in [4.78, 5) is 28.2. The highest BCUT2D eigenvalue weighted by Gasteiger charge is 2.33. The second-order valence-electron chi connectivity index (χ2n) is 9.29. The van der Waals surface area contributed by atoms with Crippen LogP contribution in [0.2, 0.25) is 5.02 Å². The van der Waals surface area contributed by atoms with Gasteiger partial charge in [-0.1, -0.05) is 36.7 Å². The van der Waals surface area contributed by atoms with Gasteiger partial charge in [0.2, 0.25) is 21.8 Å². The van der Waals surface area contributed by atoms with E-state index in [1.807, 2.05) is 33.8 Å². The molecule has 35 heavy (non-hydrogen) atoms. The van der Waals surface area contributed by atoms with Crippen LogP contribution in [-0.4, -0.2) is 56.6 Å². The van der Waals surface area contributed by atoms with Crippen LogP contribution in [0.15, 0.2) is 48.5 Å². The molecule has 10 heteroatoms. The number of ether oxygens (including phenoxy) is 1. The van der Waals surface area contributed by atoms with Crippen LogP contribution in [0.25, 0.3) is 0 Å². The maximum atomic E-state index is 13.7. The summed E-state index contributed by atoms with van der Waals surface area (Å²) in [6, 6.07) is 12.6. The molecule has 0 aliphatic carbocycles. The summed E-state index contributed by atoms with van der Waals surface area (Å²) in [7, 11) is -2.28. The van der Waals surface area contributed by atoms with Crippen LogP contribution in [0.5, 0.6) is 5.75 Å². The number of anilines is 1. The topological polar surface area (TPSA) is 96.0 Å². The number of halogens is 1. The Morgan fingerprint density at radius 2 is 1.77 bits per heavy atom. The smallest absolute Gasteiger partial charge is 0.244 e. The molecule has 0 spiro atoms. The molecule has 2 aromatic carbocycles. The zero-order chi connectivity index (χ0) is 26.4. The number of nitrogens with zero attached hydrogens (tertiary/aromatic N) is 2. The van der Waals surface area contributed by atoms with E-state index in [2.05, 4.69) is 5.32 Å². The highest BCUT2D eigenvalue weighted by molar-refractivity contribution is 7.92. The van der Waals surface area contributed by atoms with E-state index in [0.29, 0.717) is 17.2 Å².